The van der Waals surface area contributed by atoms with Gasteiger partial charge < -0.3 is 10.1 Å². The van der Waals surface area contributed by atoms with Gasteiger partial charge in [-0.1, -0.05) is 25.5 Å². The molecule has 1 saturated heterocycles. The Morgan fingerprint density at radius 1 is 1.23 bits per heavy atom. The van der Waals surface area contributed by atoms with Gasteiger partial charge in [0, 0.05) is 31.9 Å². The van der Waals surface area contributed by atoms with E-state index in [1.165, 1.54) is 12.3 Å². The number of aromatic nitrogens is 1. The fourth-order valence-corrected chi connectivity index (χ4v) is 4.95. The van der Waals surface area contributed by atoms with Gasteiger partial charge in [0.05, 0.1) is 19.3 Å². The number of nitrogens with one attached hydrogen (secondary N) is 2. The number of rotatable bonds is 10. The number of halogens is 1. The minimum atomic E-state index is -3.60. The number of benzene rings is 1. The van der Waals surface area contributed by atoms with Crippen LogP contribution >= 0.6 is 0 Å². The van der Waals surface area contributed by atoms with E-state index < -0.39 is 10.0 Å². The number of ether oxygens (including phenoxy) is 1. The molecule has 0 saturated carbocycles. The second kappa shape index (κ2) is 11.0. The van der Waals surface area contributed by atoms with Crippen molar-refractivity contribution in [1.29, 1.82) is 0 Å². The summed E-state index contributed by atoms with van der Waals surface area (Å²) in [5.74, 6) is 0.295. The zero-order valence-corrected chi connectivity index (χ0v) is 18.9. The standard InChI is InChI=1S/C22H31FN4O3S/c1-3-5-17(2)26-31(28,29)20-8-9-22(24-15-20)25-16-21(27-10-12-30-13-11-27)18-6-4-7-19(23)14-18/h4,6-9,14-15,17,21,26H,3,5,10-13,16H2,1-2H3,(H,24,25). The van der Waals surface area contributed by atoms with Crippen LogP contribution in [0.3, 0.4) is 0 Å². The average Bonchev–Trinajstić information content (AvgIpc) is 2.75. The number of hydrogen-bond donors (Lipinski definition) is 2. The highest BCUT2D eigenvalue weighted by molar-refractivity contribution is 7.89. The summed E-state index contributed by atoms with van der Waals surface area (Å²) in [6.07, 6.45) is 3.03. The van der Waals surface area contributed by atoms with Gasteiger partial charge in [0.25, 0.3) is 0 Å². The quantitative estimate of drug-likeness (QED) is 0.579. The van der Waals surface area contributed by atoms with E-state index in [4.69, 9.17) is 4.74 Å². The van der Waals surface area contributed by atoms with E-state index in [9.17, 15) is 12.8 Å². The van der Waals surface area contributed by atoms with Crippen LogP contribution in [0.15, 0.2) is 47.5 Å². The summed E-state index contributed by atoms with van der Waals surface area (Å²) < 4.78 is 46.9. The number of nitrogens with zero attached hydrogens (tertiary/aromatic N) is 2. The molecule has 0 bridgehead atoms. The molecule has 2 unspecified atom stereocenters. The molecule has 2 atom stereocenters. The lowest BCUT2D eigenvalue weighted by Gasteiger charge is -2.35. The van der Waals surface area contributed by atoms with Crippen LogP contribution in [0, 0.1) is 5.82 Å². The third-order valence-electron chi connectivity index (χ3n) is 5.32. The molecule has 31 heavy (non-hydrogen) atoms. The molecule has 2 heterocycles. The van der Waals surface area contributed by atoms with Crippen molar-refractivity contribution < 1.29 is 17.5 Å². The molecule has 170 valence electrons. The van der Waals surface area contributed by atoms with Gasteiger partial charge in [-0.25, -0.2) is 22.5 Å². The van der Waals surface area contributed by atoms with Crippen LogP contribution in [0.2, 0.25) is 0 Å². The van der Waals surface area contributed by atoms with Crippen LogP contribution in [0.1, 0.15) is 38.3 Å². The Morgan fingerprint density at radius 3 is 2.65 bits per heavy atom. The van der Waals surface area contributed by atoms with Crippen LogP contribution in [-0.2, 0) is 14.8 Å². The first-order chi connectivity index (χ1) is 14.9. The molecule has 1 aliphatic heterocycles. The third-order valence-corrected chi connectivity index (χ3v) is 6.90. The summed E-state index contributed by atoms with van der Waals surface area (Å²) in [4.78, 5) is 6.67. The lowest BCUT2D eigenvalue weighted by Crippen LogP contribution is -2.41. The molecule has 0 radical (unpaired) electrons. The Morgan fingerprint density at radius 2 is 2.00 bits per heavy atom. The Hall–Kier alpha value is -2.07. The molecule has 0 spiro atoms. The van der Waals surface area contributed by atoms with E-state index in [1.807, 2.05) is 19.9 Å². The molecular formula is C22H31FN4O3S. The maximum Gasteiger partial charge on any atom is 0.242 e. The van der Waals surface area contributed by atoms with E-state index in [-0.39, 0.29) is 22.8 Å². The van der Waals surface area contributed by atoms with Gasteiger partial charge in [-0.05, 0) is 43.2 Å². The van der Waals surface area contributed by atoms with Gasteiger partial charge in [0.1, 0.15) is 16.5 Å². The number of sulfonamides is 1. The lowest BCUT2D eigenvalue weighted by molar-refractivity contribution is 0.0186. The largest absolute Gasteiger partial charge is 0.379 e. The molecule has 2 aromatic rings. The van der Waals surface area contributed by atoms with Crippen molar-refractivity contribution in [2.75, 3.05) is 38.2 Å². The number of pyridine rings is 1. The Labute approximate surface area is 184 Å². The predicted molar refractivity (Wildman–Crippen MR) is 119 cm³/mol. The smallest absolute Gasteiger partial charge is 0.242 e. The van der Waals surface area contributed by atoms with Crippen molar-refractivity contribution in [3.8, 4) is 0 Å². The molecule has 3 rings (SSSR count). The zero-order valence-electron chi connectivity index (χ0n) is 18.1. The monoisotopic (exact) mass is 450 g/mol. The molecule has 1 fully saturated rings. The van der Waals surface area contributed by atoms with Crippen molar-refractivity contribution in [2.45, 2.75) is 43.7 Å². The number of anilines is 1. The minimum Gasteiger partial charge on any atom is -0.379 e. The molecule has 9 heteroatoms. The Bertz CT molecular complexity index is 934. The number of hydrogen-bond acceptors (Lipinski definition) is 6. The van der Waals surface area contributed by atoms with Crippen LogP contribution in [0.25, 0.3) is 0 Å². The number of morpholine rings is 1. The molecular weight excluding hydrogens is 419 g/mol. The fraction of sp³-hybridized carbons (Fsp3) is 0.500. The molecule has 0 aliphatic carbocycles. The molecule has 0 amide bonds. The third kappa shape index (κ3) is 6.70. The average molecular weight is 451 g/mol. The van der Waals surface area contributed by atoms with Gasteiger partial charge in [-0.15, -0.1) is 0 Å². The van der Waals surface area contributed by atoms with Crippen molar-refractivity contribution in [2.24, 2.45) is 0 Å². The SMILES string of the molecule is CCCC(C)NS(=O)(=O)c1ccc(NCC(c2cccc(F)c2)N2CCOCC2)nc1. The van der Waals surface area contributed by atoms with E-state index in [0.29, 0.717) is 25.6 Å². The highest BCUT2D eigenvalue weighted by Gasteiger charge is 2.23. The summed E-state index contributed by atoms with van der Waals surface area (Å²) in [6, 6.07) is 9.62. The zero-order chi connectivity index (χ0) is 22.3. The van der Waals surface area contributed by atoms with Gasteiger partial charge in [-0.2, -0.15) is 0 Å². The van der Waals surface area contributed by atoms with Gasteiger partial charge in [-0.3, -0.25) is 4.90 Å². The maximum atomic E-state index is 13.8. The lowest BCUT2D eigenvalue weighted by atomic mass is 10.0. The van der Waals surface area contributed by atoms with Gasteiger partial charge in [0.2, 0.25) is 10.0 Å². The Kier molecular flexibility index (Phi) is 8.36. The molecule has 1 aromatic heterocycles. The molecule has 1 aromatic carbocycles. The topological polar surface area (TPSA) is 83.6 Å². The first kappa shape index (κ1) is 23.6. The Balaban J connectivity index is 1.69. The van der Waals surface area contributed by atoms with Crippen molar-refractivity contribution in [3.05, 3.63) is 54.0 Å². The van der Waals surface area contributed by atoms with Gasteiger partial charge >= 0.3 is 0 Å². The van der Waals surface area contributed by atoms with Crippen molar-refractivity contribution >= 4 is 15.8 Å². The van der Waals surface area contributed by atoms with E-state index in [1.54, 1.807) is 24.3 Å². The maximum absolute atomic E-state index is 13.8. The highest BCUT2D eigenvalue weighted by atomic mass is 32.2. The molecule has 1 aliphatic rings. The van der Waals surface area contributed by atoms with Crippen LogP contribution in [0.4, 0.5) is 10.2 Å². The minimum absolute atomic E-state index is 0.0543. The van der Waals surface area contributed by atoms with Crippen LogP contribution in [-0.4, -0.2) is 57.2 Å². The normalized spacial score (nSPS) is 17.3. The van der Waals surface area contributed by atoms with E-state index in [0.717, 1.165) is 31.5 Å². The second-order valence-electron chi connectivity index (χ2n) is 7.79. The van der Waals surface area contributed by atoms with E-state index in [2.05, 4.69) is 19.9 Å². The van der Waals surface area contributed by atoms with Crippen LogP contribution in [0.5, 0.6) is 0 Å². The summed E-state index contributed by atoms with van der Waals surface area (Å²) in [5.41, 5.74) is 0.878. The highest BCUT2D eigenvalue weighted by Crippen LogP contribution is 2.23. The fourth-order valence-electron chi connectivity index (χ4n) is 3.73. The summed E-state index contributed by atoms with van der Waals surface area (Å²) in [5, 5.41) is 3.27. The van der Waals surface area contributed by atoms with Crippen LogP contribution < -0.4 is 10.0 Å². The predicted octanol–water partition coefficient (Wildman–Crippen LogP) is 3.17. The summed E-state index contributed by atoms with van der Waals surface area (Å²) in [7, 11) is -3.60. The first-order valence-electron chi connectivity index (χ1n) is 10.7. The van der Waals surface area contributed by atoms with E-state index >= 15 is 0 Å². The molecule has 2 N–H and O–H groups in total. The first-order valence-corrected chi connectivity index (χ1v) is 12.2. The van der Waals surface area contributed by atoms with Crippen molar-refractivity contribution in [3.63, 3.8) is 0 Å². The second-order valence-corrected chi connectivity index (χ2v) is 9.50. The molecule has 7 nitrogen and oxygen atoms in total. The summed E-state index contributed by atoms with van der Waals surface area (Å²) >= 11 is 0. The van der Waals surface area contributed by atoms with Gasteiger partial charge in [0.15, 0.2) is 0 Å². The summed E-state index contributed by atoms with van der Waals surface area (Å²) in [6.45, 7) is 7.17. The van der Waals surface area contributed by atoms with Crippen molar-refractivity contribution in [1.82, 2.24) is 14.6 Å².